The van der Waals surface area contributed by atoms with Gasteiger partial charge in [0, 0.05) is 25.7 Å². The first kappa shape index (κ1) is 24.8. The van der Waals surface area contributed by atoms with Gasteiger partial charge in [-0.25, -0.2) is 0 Å². The number of hydrogen-bond acceptors (Lipinski definition) is 4. The van der Waals surface area contributed by atoms with Crippen LogP contribution < -0.4 is 15.4 Å². The van der Waals surface area contributed by atoms with Crippen LogP contribution in [0.15, 0.2) is 23.2 Å². The Morgan fingerprint density at radius 3 is 2.68 bits per heavy atom. The fourth-order valence-electron chi connectivity index (χ4n) is 3.31. The number of aliphatic imine (C=N–C) groups is 1. The van der Waals surface area contributed by atoms with Crippen molar-refractivity contribution in [3.8, 4) is 11.5 Å². The third-order valence-corrected chi connectivity index (χ3v) is 5.10. The summed E-state index contributed by atoms with van der Waals surface area (Å²) >= 11 is 0. The third kappa shape index (κ3) is 8.86. The van der Waals surface area contributed by atoms with E-state index in [1.165, 1.54) is 25.9 Å². The van der Waals surface area contributed by atoms with Gasteiger partial charge in [0.25, 0.3) is 0 Å². The summed E-state index contributed by atoms with van der Waals surface area (Å²) in [6.45, 7) is 10.4. The smallest absolute Gasteiger partial charge is 0.191 e. The Kier molecular flexibility index (Phi) is 12.3. The van der Waals surface area contributed by atoms with Crippen LogP contribution >= 0.6 is 24.0 Å². The summed E-state index contributed by atoms with van der Waals surface area (Å²) in [5.74, 6) is 2.67. The van der Waals surface area contributed by atoms with Gasteiger partial charge in [-0.1, -0.05) is 13.0 Å². The summed E-state index contributed by atoms with van der Waals surface area (Å²) in [6, 6.07) is 5.42. The molecular formula is C21H37IN4O2. The molecule has 0 atom stereocenters. The number of ether oxygens (including phenoxy) is 1. The second kappa shape index (κ2) is 13.9. The highest BCUT2D eigenvalue weighted by Crippen LogP contribution is 2.23. The quantitative estimate of drug-likeness (QED) is 0.209. The molecule has 0 amide bonds. The van der Waals surface area contributed by atoms with E-state index < -0.39 is 0 Å². The zero-order valence-electron chi connectivity index (χ0n) is 17.5. The van der Waals surface area contributed by atoms with Crippen LogP contribution in [0.4, 0.5) is 0 Å². The van der Waals surface area contributed by atoms with Crippen molar-refractivity contribution in [2.75, 3.05) is 46.4 Å². The number of nitrogens with one attached hydrogen (secondary N) is 2. The average Bonchev–Trinajstić information content (AvgIpc) is 2.67. The van der Waals surface area contributed by atoms with Crippen molar-refractivity contribution in [2.24, 2.45) is 10.9 Å². The van der Waals surface area contributed by atoms with Crippen LogP contribution in [0.2, 0.25) is 0 Å². The lowest BCUT2D eigenvalue weighted by Crippen LogP contribution is -2.38. The fraction of sp³-hybridized carbons (Fsp3) is 0.667. The fourth-order valence-corrected chi connectivity index (χ4v) is 3.31. The highest BCUT2D eigenvalue weighted by atomic mass is 127. The molecular weight excluding hydrogens is 467 g/mol. The number of benzene rings is 1. The maximum atomic E-state index is 10.0. The van der Waals surface area contributed by atoms with E-state index >= 15 is 0 Å². The summed E-state index contributed by atoms with van der Waals surface area (Å²) in [6.07, 6.45) is 4.47. The van der Waals surface area contributed by atoms with Gasteiger partial charge >= 0.3 is 0 Å². The topological polar surface area (TPSA) is 69.1 Å². The SMILES string of the molecule is CCNC(=NCCCN1CCC(C)CC1)NCCc1ccc(OC)cc1O.I. The molecule has 0 aliphatic carbocycles. The van der Waals surface area contributed by atoms with Crippen molar-refractivity contribution in [3.05, 3.63) is 23.8 Å². The van der Waals surface area contributed by atoms with E-state index in [1.807, 2.05) is 12.1 Å². The molecule has 0 spiro atoms. The second-order valence-electron chi connectivity index (χ2n) is 7.31. The molecule has 0 aromatic heterocycles. The molecule has 1 saturated heterocycles. The van der Waals surface area contributed by atoms with Crippen LogP contribution in [0.3, 0.4) is 0 Å². The van der Waals surface area contributed by atoms with Gasteiger partial charge < -0.3 is 25.4 Å². The molecule has 6 nitrogen and oxygen atoms in total. The number of guanidine groups is 1. The summed E-state index contributed by atoms with van der Waals surface area (Å²) in [5, 5.41) is 16.7. The molecule has 1 aliphatic rings. The van der Waals surface area contributed by atoms with Gasteiger partial charge in [0.05, 0.1) is 7.11 Å². The van der Waals surface area contributed by atoms with E-state index in [4.69, 9.17) is 4.74 Å². The number of aromatic hydroxyl groups is 1. The Morgan fingerprint density at radius 2 is 2.04 bits per heavy atom. The lowest BCUT2D eigenvalue weighted by Gasteiger charge is -2.29. The zero-order valence-corrected chi connectivity index (χ0v) is 19.9. The van der Waals surface area contributed by atoms with Gasteiger partial charge in [-0.3, -0.25) is 4.99 Å². The van der Waals surface area contributed by atoms with E-state index in [1.54, 1.807) is 13.2 Å². The molecule has 1 aromatic rings. The molecule has 28 heavy (non-hydrogen) atoms. The van der Waals surface area contributed by atoms with Gasteiger partial charge in [0.1, 0.15) is 11.5 Å². The molecule has 0 unspecified atom stereocenters. The maximum Gasteiger partial charge on any atom is 0.191 e. The predicted octanol–water partition coefficient (Wildman–Crippen LogP) is 3.24. The maximum absolute atomic E-state index is 10.0. The highest BCUT2D eigenvalue weighted by molar-refractivity contribution is 14.0. The van der Waals surface area contributed by atoms with Gasteiger partial charge in [-0.2, -0.15) is 0 Å². The first-order chi connectivity index (χ1) is 13.1. The predicted molar refractivity (Wildman–Crippen MR) is 127 cm³/mol. The first-order valence-corrected chi connectivity index (χ1v) is 10.2. The van der Waals surface area contributed by atoms with Crippen molar-refractivity contribution in [1.82, 2.24) is 15.5 Å². The van der Waals surface area contributed by atoms with Gasteiger partial charge in [0.15, 0.2) is 5.96 Å². The standard InChI is InChI=1S/C21H36N4O2.HI/c1-4-22-21(23-11-5-13-25-14-9-17(2)10-15-25)24-12-8-18-6-7-19(27-3)16-20(18)26;/h6-7,16-17,26H,4-5,8-15H2,1-3H3,(H2,22,23,24);1H. The average molecular weight is 504 g/mol. The van der Waals surface area contributed by atoms with Crippen LogP contribution in [0.5, 0.6) is 11.5 Å². The van der Waals surface area contributed by atoms with Gasteiger partial charge in [-0.05, 0) is 69.8 Å². The van der Waals surface area contributed by atoms with Crippen LogP contribution in [0, 0.1) is 5.92 Å². The largest absolute Gasteiger partial charge is 0.508 e. The van der Waals surface area contributed by atoms with Crippen molar-refractivity contribution >= 4 is 29.9 Å². The number of phenolic OH excluding ortho intramolecular Hbond substituents is 1. The molecule has 0 bridgehead atoms. The molecule has 1 aliphatic heterocycles. The van der Waals surface area contributed by atoms with E-state index in [0.29, 0.717) is 5.75 Å². The highest BCUT2D eigenvalue weighted by Gasteiger charge is 2.14. The molecule has 2 rings (SSSR count). The van der Waals surface area contributed by atoms with Crippen LogP contribution in [-0.2, 0) is 6.42 Å². The number of phenols is 1. The molecule has 160 valence electrons. The number of nitrogens with zero attached hydrogens (tertiary/aromatic N) is 2. The van der Waals surface area contributed by atoms with Crippen LogP contribution in [-0.4, -0.2) is 62.3 Å². The summed E-state index contributed by atoms with van der Waals surface area (Å²) < 4.78 is 5.12. The Hall–Kier alpha value is -1.22. The van der Waals surface area contributed by atoms with E-state index in [-0.39, 0.29) is 29.7 Å². The molecule has 1 aromatic carbocycles. The molecule has 0 saturated carbocycles. The Labute approximate surface area is 187 Å². The summed E-state index contributed by atoms with van der Waals surface area (Å²) in [5.41, 5.74) is 0.901. The third-order valence-electron chi connectivity index (χ3n) is 5.10. The number of methoxy groups -OCH3 is 1. The molecule has 0 radical (unpaired) electrons. The molecule has 1 fully saturated rings. The molecule has 7 heteroatoms. The number of likely N-dealkylation sites (tertiary alicyclic amines) is 1. The Balaban J connectivity index is 0.00000392. The van der Waals surface area contributed by atoms with E-state index in [2.05, 4.69) is 34.4 Å². The number of rotatable bonds is 9. The Morgan fingerprint density at radius 1 is 1.29 bits per heavy atom. The number of halogens is 1. The lowest BCUT2D eigenvalue weighted by molar-refractivity contribution is 0.192. The van der Waals surface area contributed by atoms with Gasteiger partial charge in [0.2, 0.25) is 0 Å². The lowest BCUT2D eigenvalue weighted by atomic mass is 9.99. The van der Waals surface area contributed by atoms with E-state index in [9.17, 15) is 5.11 Å². The number of piperidine rings is 1. The van der Waals surface area contributed by atoms with Crippen LogP contribution in [0.1, 0.15) is 38.7 Å². The zero-order chi connectivity index (χ0) is 19.5. The summed E-state index contributed by atoms with van der Waals surface area (Å²) in [7, 11) is 1.60. The summed E-state index contributed by atoms with van der Waals surface area (Å²) in [4.78, 5) is 7.24. The van der Waals surface area contributed by atoms with Crippen molar-refractivity contribution in [1.29, 1.82) is 0 Å². The van der Waals surface area contributed by atoms with Crippen molar-refractivity contribution in [2.45, 2.75) is 39.5 Å². The Bertz CT molecular complexity index is 590. The van der Waals surface area contributed by atoms with Crippen LogP contribution in [0.25, 0.3) is 0 Å². The minimum Gasteiger partial charge on any atom is -0.508 e. The molecule has 1 heterocycles. The normalized spacial score (nSPS) is 15.8. The van der Waals surface area contributed by atoms with E-state index in [0.717, 1.165) is 56.5 Å². The first-order valence-electron chi connectivity index (χ1n) is 10.2. The minimum atomic E-state index is 0. The second-order valence-corrected chi connectivity index (χ2v) is 7.31. The monoisotopic (exact) mass is 504 g/mol. The van der Waals surface area contributed by atoms with Crippen molar-refractivity contribution in [3.63, 3.8) is 0 Å². The van der Waals surface area contributed by atoms with Gasteiger partial charge in [-0.15, -0.1) is 24.0 Å². The minimum absolute atomic E-state index is 0. The van der Waals surface area contributed by atoms with Crippen molar-refractivity contribution < 1.29 is 9.84 Å². The molecule has 3 N–H and O–H groups in total. The number of hydrogen-bond donors (Lipinski definition) is 3.